The first-order valence-electron chi connectivity index (χ1n) is 9.64. The minimum atomic E-state index is -0.313. The van der Waals surface area contributed by atoms with Gasteiger partial charge in [0.1, 0.15) is 5.60 Å². The number of carbonyl (C=O) groups excluding carboxylic acids is 1. The summed E-state index contributed by atoms with van der Waals surface area (Å²) in [6.07, 6.45) is 5.38. The SMILES string of the molecule is COC1(c2cnc(Sc3ccc4c(c3)CCC(=O)N4C)s2)CC(C)OC(C)C1. The third kappa shape index (κ3) is 3.73. The Morgan fingerprint density at radius 3 is 2.75 bits per heavy atom. The fourth-order valence-corrected chi connectivity index (χ4v) is 6.49. The summed E-state index contributed by atoms with van der Waals surface area (Å²) in [5, 5.41) is 0. The second-order valence-corrected chi connectivity index (χ2v) is 10.1. The highest BCUT2D eigenvalue weighted by atomic mass is 32.2. The Labute approximate surface area is 174 Å². The Morgan fingerprint density at radius 1 is 1.29 bits per heavy atom. The van der Waals surface area contributed by atoms with Crippen LogP contribution in [-0.2, 0) is 26.3 Å². The topological polar surface area (TPSA) is 51.7 Å². The van der Waals surface area contributed by atoms with E-state index in [4.69, 9.17) is 9.47 Å². The zero-order valence-electron chi connectivity index (χ0n) is 16.7. The van der Waals surface area contributed by atoms with E-state index in [2.05, 4.69) is 31.0 Å². The van der Waals surface area contributed by atoms with Gasteiger partial charge in [-0.1, -0.05) is 11.8 Å². The van der Waals surface area contributed by atoms with Crippen LogP contribution in [0.5, 0.6) is 0 Å². The van der Waals surface area contributed by atoms with E-state index in [1.807, 2.05) is 19.3 Å². The van der Waals surface area contributed by atoms with E-state index in [1.165, 1.54) is 10.4 Å². The third-order valence-corrected chi connectivity index (χ3v) is 7.87. The minimum absolute atomic E-state index is 0.169. The maximum Gasteiger partial charge on any atom is 0.227 e. The predicted octanol–water partition coefficient (Wildman–Crippen LogP) is 4.63. The number of anilines is 1. The van der Waals surface area contributed by atoms with Gasteiger partial charge < -0.3 is 14.4 Å². The third-order valence-electron chi connectivity index (χ3n) is 5.62. The molecule has 2 aromatic rings. The first kappa shape index (κ1) is 19.9. The number of rotatable bonds is 4. The largest absolute Gasteiger partial charge is 0.375 e. The summed E-state index contributed by atoms with van der Waals surface area (Å²) in [7, 11) is 3.64. The fraction of sp³-hybridized carbons (Fsp3) is 0.524. The Morgan fingerprint density at radius 2 is 2.04 bits per heavy atom. The molecule has 2 aliphatic rings. The molecule has 0 N–H and O–H groups in total. The number of thiazole rings is 1. The lowest BCUT2D eigenvalue weighted by atomic mass is 9.86. The molecule has 1 aromatic heterocycles. The van der Waals surface area contributed by atoms with Crippen LogP contribution in [0.3, 0.4) is 0 Å². The summed E-state index contributed by atoms with van der Waals surface area (Å²) in [4.78, 5) is 20.6. The van der Waals surface area contributed by atoms with Crippen molar-refractivity contribution in [1.29, 1.82) is 0 Å². The average Bonchev–Trinajstić information content (AvgIpc) is 3.13. The van der Waals surface area contributed by atoms with Crippen molar-refractivity contribution in [1.82, 2.24) is 4.98 Å². The highest BCUT2D eigenvalue weighted by molar-refractivity contribution is 8.01. The monoisotopic (exact) mass is 418 g/mol. The van der Waals surface area contributed by atoms with Crippen LogP contribution < -0.4 is 4.90 Å². The van der Waals surface area contributed by atoms with Crippen LogP contribution in [-0.4, -0.2) is 37.3 Å². The van der Waals surface area contributed by atoms with Gasteiger partial charge in [0.2, 0.25) is 5.91 Å². The lowest BCUT2D eigenvalue weighted by molar-refractivity contribution is -0.150. The van der Waals surface area contributed by atoms with Crippen LogP contribution in [0.1, 0.15) is 43.6 Å². The number of carbonyl (C=O) groups is 1. The zero-order chi connectivity index (χ0) is 19.9. The number of hydrogen-bond acceptors (Lipinski definition) is 6. The normalized spacial score (nSPS) is 27.7. The maximum atomic E-state index is 11.9. The molecule has 0 radical (unpaired) electrons. The van der Waals surface area contributed by atoms with Crippen molar-refractivity contribution in [3.63, 3.8) is 0 Å². The fourth-order valence-electron chi connectivity index (χ4n) is 4.29. The van der Waals surface area contributed by atoms with Gasteiger partial charge in [0.25, 0.3) is 0 Å². The number of aromatic nitrogens is 1. The predicted molar refractivity (Wildman–Crippen MR) is 112 cm³/mol. The summed E-state index contributed by atoms with van der Waals surface area (Å²) >= 11 is 3.38. The van der Waals surface area contributed by atoms with Crippen LogP contribution in [0.15, 0.2) is 33.6 Å². The lowest BCUT2D eigenvalue weighted by Crippen LogP contribution is -2.42. The maximum absolute atomic E-state index is 11.9. The second kappa shape index (κ2) is 7.78. The second-order valence-electron chi connectivity index (χ2n) is 7.70. The zero-order valence-corrected chi connectivity index (χ0v) is 18.4. The van der Waals surface area contributed by atoms with Crippen molar-refractivity contribution in [2.75, 3.05) is 19.1 Å². The molecule has 0 spiro atoms. The van der Waals surface area contributed by atoms with Crippen molar-refractivity contribution in [2.24, 2.45) is 0 Å². The van der Waals surface area contributed by atoms with E-state index >= 15 is 0 Å². The Bertz CT molecular complexity index is 872. The van der Waals surface area contributed by atoms with Crippen molar-refractivity contribution >= 4 is 34.7 Å². The van der Waals surface area contributed by atoms with E-state index < -0.39 is 0 Å². The number of fused-ring (bicyclic) bond motifs is 1. The molecule has 150 valence electrons. The van der Waals surface area contributed by atoms with E-state index in [1.54, 1.807) is 35.1 Å². The van der Waals surface area contributed by atoms with E-state index in [9.17, 15) is 4.79 Å². The van der Waals surface area contributed by atoms with Gasteiger partial charge >= 0.3 is 0 Å². The van der Waals surface area contributed by atoms with Gasteiger partial charge in [0.05, 0.1) is 17.1 Å². The van der Waals surface area contributed by atoms with Gasteiger partial charge in [-0.25, -0.2) is 4.98 Å². The Balaban J connectivity index is 1.55. The van der Waals surface area contributed by atoms with Gasteiger partial charge in [0, 0.05) is 50.2 Å². The van der Waals surface area contributed by atoms with Crippen LogP contribution in [0.25, 0.3) is 0 Å². The average molecular weight is 419 g/mol. The molecular formula is C21H26N2O3S2. The number of hydrogen-bond donors (Lipinski definition) is 0. The highest BCUT2D eigenvalue weighted by Gasteiger charge is 2.42. The minimum Gasteiger partial charge on any atom is -0.375 e. The summed E-state index contributed by atoms with van der Waals surface area (Å²) < 4.78 is 12.9. The summed E-state index contributed by atoms with van der Waals surface area (Å²) in [6, 6.07) is 6.31. The molecule has 2 unspecified atom stereocenters. The quantitative estimate of drug-likeness (QED) is 0.724. The van der Waals surface area contributed by atoms with Gasteiger partial charge in [0.15, 0.2) is 4.34 Å². The molecule has 7 heteroatoms. The molecule has 4 rings (SSSR count). The molecule has 1 amide bonds. The Hall–Kier alpha value is -1.41. The van der Waals surface area contributed by atoms with E-state index in [-0.39, 0.29) is 23.7 Å². The van der Waals surface area contributed by atoms with Crippen LogP contribution in [0.2, 0.25) is 0 Å². The summed E-state index contributed by atoms with van der Waals surface area (Å²) in [5.41, 5.74) is 1.93. The van der Waals surface area contributed by atoms with E-state index in [0.29, 0.717) is 6.42 Å². The van der Waals surface area contributed by atoms with Crippen LogP contribution in [0.4, 0.5) is 5.69 Å². The van der Waals surface area contributed by atoms with Crippen molar-refractivity contribution < 1.29 is 14.3 Å². The molecule has 3 heterocycles. The van der Waals surface area contributed by atoms with Crippen molar-refractivity contribution in [3.05, 3.63) is 34.8 Å². The van der Waals surface area contributed by atoms with Crippen LogP contribution >= 0.6 is 23.1 Å². The summed E-state index contributed by atoms with van der Waals surface area (Å²) in [5.74, 6) is 0.183. The first-order chi connectivity index (χ1) is 13.4. The first-order valence-corrected chi connectivity index (χ1v) is 11.3. The number of methoxy groups -OCH3 is 1. The number of amides is 1. The molecule has 0 aliphatic carbocycles. The Kier molecular flexibility index (Phi) is 5.53. The highest BCUT2D eigenvalue weighted by Crippen LogP contribution is 2.45. The number of nitrogens with zero attached hydrogens (tertiary/aromatic N) is 2. The summed E-state index contributed by atoms with van der Waals surface area (Å²) in [6.45, 7) is 4.21. The molecule has 5 nitrogen and oxygen atoms in total. The van der Waals surface area contributed by atoms with Gasteiger partial charge in [-0.3, -0.25) is 4.79 Å². The molecule has 0 bridgehead atoms. The van der Waals surface area contributed by atoms with Crippen LogP contribution in [0, 0.1) is 0 Å². The number of aryl methyl sites for hydroxylation is 1. The lowest BCUT2D eigenvalue weighted by Gasteiger charge is -2.41. The molecule has 2 aliphatic heterocycles. The van der Waals surface area contributed by atoms with Gasteiger partial charge in [-0.15, -0.1) is 11.3 Å². The molecule has 28 heavy (non-hydrogen) atoms. The molecule has 1 saturated heterocycles. The van der Waals surface area contributed by atoms with E-state index in [0.717, 1.165) is 34.2 Å². The molecular weight excluding hydrogens is 392 g/mol. The molecule has 2 atom stereocenters. The molecule has 1 aromatic carbocycles. The molecule has 0 saturated carbocycles. The standard InChI is InChI=1S/C21H26N2O3S2/c1-13-10-21(25-4,11-14(2)26-13)18-12-22-20(28-18)27-16-6-7-17-15(9-16)5-8-19(24)23(17)3/h6-7,9,12-14H,5,8,10-11H2,1-4H3. The van der Waals surface area contributed by atoms with Crippen molar-refractivity contribution in [3.8, 4) is 0 Å². The van der Waals surface area contributed by atoms with Gasteiger partial charge in [-0.05, 0) is 44.0 Å². The number of benzene rings is 1. The number of ether oxygens (including phenoxy) is 2. The van der Waals surface area contributed by atoms with Crippen molar-refractivity contribution in [2.45, 2.75) is 66.6 Å². The molecule has 1 fully saturated rings. The smallest absolute Gasteiger partial charge is 0.227 e. The van der Waals surface area contributed by atoms with Gasteiger partial charge in [-0.2, -0.15) is 0 Å².